The summed E-state index contributed by atoms with van der Waals surface area (Å²) in [6.07, 6.45) is 1.02. The molecule has 3 nitrogen and oxygen atoms in total. The minimum atomic E-state index is 0.237. The van der Waals surface area contributed by atoms with Gasteiger partial charge in [0.1, 0.15) is 0 Å². The molecule has 1 heterocycles. The van der Waals surface area contributed by atoms with E-state index in [1.165, 1.54) is 5.75 Å². The van der Waals surface area contributed by atoms with Crippen molar-refractivity contribution in [2.75, 3.05) is 11.5 Å². The maximum atomic E-state index is 5.28. The molecule has 1 aliphatic heterocycles. The number of thiocarbonyl (C=S) groups is 1. The third kappa shape index (κ3) is 3.95. The Morgan fingerprint density at radius 2 is 2.38 bits per heavy atom. The molecule has 0 bridgehead atoms. The van der Waals surface area contributed by atoms with Gasteiger partial charge in [0, 0.05) is 11.5 Å². The Bertz CT molecular complexity index is 236. The Balaban J connectivity index is 2.51. The molecule has 1 saturated heterocycles. The van der Waals surface area contributed by atoms with Crippen molar-refractivity contribution in [3.8, 4) is 0 Å². The molecule has 0 atom stereocenters. The zero-order chi connectivity index (χ0) is 9.90. The van der Waals surface area contributed by atoms with Gasteiger partial charge in [-0.3, -0.25) is 5.43 Å². The lowest BCUT2D eigenvalue weighted by Gasteiger charge is -2.29. The zero-order valence-electron chi connectivity index (χ0n) is 7.96. The average molecular weight is 217 g/mol. The number of hydrogen-bond acceptors (Lipinski definition) is 3. The molecule has 0 aromatic heterocycles. The van der Waals surface area contributed by atoms with Gasteiger partial charge in [-0.1, -0.05) is 13.8 Å². The van der Waals surface area contributed by atoms with Gasteiger partial charge in [0.25, 0.3) is 0 Å². The van der Waals surface area contributed by atoms with Gasteiger partial charge in [-0.25, -0.2) is 0 Å². The maximum Gasteiger partial charge on any atom is 0.184 e. The van der Waals surface area contributed by atoms with E-state index in [-0.39, 0.29) is 5.11 Å². The molecule has 5 heteroatoms. The van der Waals surface area contributed by atoms with Crippen LogP contribution in [0.4, 0.5) is 0 Å². The fraction of sp³-hybridized carbons (Fsp3) is 0.750. The van der Waals surface area contributed by atoms with E-state index in [4.69, 9.17) is 5.73 Å². The Hall–Kier alpha value is -0.290. The minimum Gasteiger partial charge on any atom is -0.375 e. The van der Waals surface area contributed by atoms with E-state index in [0.29, 0.717) is 5.41 Å². The Morgan fingerprint density at radius 3 is 2.92 bits per heavy atom. The number of thioether (sulfide) groups is 1. The molecule has 0 radical (unpaired) electrons. The first-order chi connectivity index (χ1) is 5.99. The first kappa shape index (κ1) is 10.8. The SMILES string of the molecule is CC1(C)CSC/C(=N/NC(N)=S)C1. The predicted octanol–water partition coefficient (Wildman–Crippen LogP) is 1.34. The van der Waals surface area contributed by atoms with Gasteiger partial charge < -0.3 is 5.73 Å². The summed E-state index contributed by atoms with van der Waals surface area (Å²) < 4.78 is 0. The van der Waals surface area contributed by atoms with Gasteiger partial charge in [0.2, 0.25) is 0 Å². The van der Waals surface area contributed by atoms with Crippen LogP contribution in [0, 0.1) is 5.41 Å². The molecular weight excluding hydrogens is 202 g/mol. The fourth-order valence-electron chi connectivity index (χ4n) is 1.31. The van der Waals surface area contributed by atoms with E-state index < -0.39 is 0 Å². The predicted molar refractivity (Wildman–Crippen MR) is 63.1 cm³/mol. The normalized spacial score (nSPS) is 24.3. The number of hydrazone groups is 1. The highest BCUT2D eigenvalue weighted by atomic mass is 32.2. The van der Waals surface area contributed by atoms with Crippen LogP contribution in [0.25, 0.3) is 0 Å². The Morgan fingerprint density at radius 1 is 1.69 bits per heavy atom. The number of nitrogens with zero attached hydrogens (tertiary/aromatic N) is 1. The summed E-state index contributed by atoms with van der Waals surface area (Å²) in [4.78, 5) is 0. The number of nitrogens with one attached hydrogen (secondary N) is 1. The summed E-state index contributed by atoms with van der Waals surface area (Å²) in [5.41, 5.74) is 9.41. The second kappa shape index (κ2) is 4.28. The van der Waals surface area contributed by atoms with Crippen molar-refractivity contribution in [1.29, 1.82) is 0 Å². The molecule has 0 aromatic carbocycles. The van der Waals surface area contributed by atoms with Gasteiger partial charge in [-0.2, -0.15) is 16.9 Å². The van der Waals surface area contributed by atoms with Crippen LogP contribution in [0.5, 0.6) is 0 Å². The van der Waals surface area contributed by atoms with Crippen LogP contribution in [-0.4, -0.2) is 22.3 Å². The second-order valence-corrected chi connectivity index (χ2v) is 5.41. The van der Waals surface area contributed by atoms with Crippen molar-refractivity contribution < 1.29 is 0 Å². The highest BCUT2D eigenvalue weighted by molar-refractivity contribution is 8.00. The largest absolute Gasteiger partial charge is 0.375 e. The third-order valence-corrected chi connectivity index (χ3v) is 3.38. The smallest absolute Gasteiger partial charge is 0.184 e. The molecule has 0 aliphatic carbocycles. The lowest BCUT2D eigenvalue weighted by atomic mass is 9.89. The van der Waals surface area contributed by atoms with Crippen molar-refractivity contribution in [3.63, 3.8) is 0 Å². The van der Waals surface area contributed by atoms with Crippen LogP contribution in [-0.2, 0) is 0 Å². The highest BCUT2D eigenvalue weighted by Gasteiger charge is 2.25. The lowest BCUT2D eigenvalue weighted by Crippen LogP contribution is -2.31. The van der Waals surface area contributed by atoms with E-state index >= 15 is 0 Å². The van der Waals surface area contributed by atoms with E-state index in [1.54, 1.807) is 0 Å². The molecule has 1 fully saturated rings. The van der Waals surface area contributed by atoms with Crippen molar-refractivity contribution >= 4 is 34.8 Å². The molecule has 13 heavy (non-hydrogen) atoms. The van der Waals surface area contributed by atoms with Gasteiger partial charge in [0.15, 0.2) is 5.11 Å². The van der Waals surface area contributed by atoms with Crippen LogP contribution in [0.1, 0.15) is 20.3 Å². The van der Waals surface area contributed by atoms with Crippen molar-refractivity contribution in [2.24, 2.45) is 16.3 Å². The highest BCUT2D eigenvalue weighted by Crippen LogP contribution is 2.31. The third-order valence-electron chi connectivity index (χ3n) is 1.77. The van der Waals surface area contributed by atoms with Crippen LogP contribution < -0.4 is 11.2 Å². The van der Waals surface area contributed by atoms with E-state index in [2.05, 4.69) is 36.6 Å². The fourth-order valence-corrected chi connectivity index (χ4v) is 2.51. The molecule has 0 saturated carbocycles. The Labute approximate surface area is 88.5 Å². The molecule has 0 amide bonds. The summed E-state index contributed by atoms with van der Waals surface area (Å²) in [7, 11) is 0. The monoisotopic (exact) mass is 217 g/mol. The molecule has 0 spiro atoms. The first-order valence-corrected chi connectivity index (χ1v) is 5.74. The van der Waals surface area contributed by atoms with Crippen molar-refractivity contribution in [1.82, 2.24) is 5.43 Å². The second-order valence-electron chi connectivity index (χ2n) is 3.99. The zero-order valence-corrected chi connectivity index (χ0v) is 9.60. The average Bonchev–Trinajstić information content (AvgIpc) is 1.99. The first-order valence-electron chi connectivity index (χ1n) is 4.18. The molecule has 3 N–H and O–H groups in total. The summed E-state index contributed by atoms with van der Waals surface area (Å²) in [5.74, 6) is 2.18. The summed E-state index contributed by atoms with van der Waals surface area (Å²) in [5, 5.41) is 4.39. The Kier molecular flexibility index (Phi) is 3.55. The molecule has 1 rings (SSSR count). The van der Waals surface area contributed by atoms with Gasteiger partial charge in [0.05, 0.1) is 0 Å². The van der Waals surface area contributed by atoms with E-state index in [9.17, 15) is 0 Å². The number of hydrogen-bond donors (Lipinski definition) is 2. The molecule has 74 valence electrons. The van der Waals surface area contributed by atoms with E-state index in [1.807, 2.05) is 11.8 Å². The van der Waals surface area contributed by atoms with Gasteiger partial charge in [-0.05, 0) is 29.8 Å². The van der Waals surface area contributed by atoms with Crippen molar-refractivity contribution in [3.05, 3.63) is 0 Å². The van der Waals surface area contributed by atoms with Crippen LogP contribution in [0.2, 0.25) is 0 Å². The van der Waals surface area contributed by atoms with Crippen LogP contribution in [0.3, 0.4) is 0 Å². The number of rotatable bonds is 1. The quantitative estimate of drug-likeness (QED) is 0.514. The number of nitrogens with two attached hydrogens (primary N) is 1. The van der Waals surface area contributed by atoms with Crippen LogP contribution >= 0.6 is 24.0 Å². The molecule has 0 aromatic rings. The summed E-state index contributed by atoms with van der Waals surface area (Å²) in [6.45, 7) is 4.49. The van der Waals surface area contributed by atoms with Crippen molar-refractivity contribution in [2.45, 2.75) is 20.3 Å². The standard InChI is InChI=1S/C8H15N3S2/c1-8(2)3-6(4-13-5-8)10-11-7(9)12/h3-5H2,1-2H3,(H3,9,11,12)/b10-6+. The summed E-state index contributed by atoms with van der Waals surface area (Å²) in [6, 6.07) is 0. The molecular formula is C8H15N3S2. The molecule has 0 unspecified atom stereocenters. The van der Waals surface area contributed by atoms with Gasteiger partial charge in [-0.15, -0.1) is 0 Å². The van der Waals surface area contributed by atoms with E-state index in [0.717, 1.165) is 17.9 Å². The minimum absolute atomic E-state index is 0.237. The molecule has 1 aliphatic rings. The topological polar surface area (TPSA) is 50.4 Å². The van der Waals surface area contributed by atoms with Crippen LogP contribution in [0.15, 0.2) is 5.10 Å². The summed E-state index contributed by atoms with van der Waals surface area (Å²) >= 11 is 6.58. The van der Waals surface area contributed by atoms with Gasteiger partial charge >= 0.3 is 0 Å². The maximum absolute atomic E-state index is 5.28. The lowest BCUT2D eigenvalue weighted by molar-refractivity contribution is 0.439.